The second-order valence-corrected chi connectivity index (χ2v) is 6.10. The molecule has 0 spiro atoms. The molecule has 27 heavy (non-hydrogen) atoms. The highest BCUT2D eigenvalue weighted by Gasteiger charge is 2.10. The van der Waals surface area contributed by atoms with Gasteiger partial charge in [0.2, 0.25) is 0 Å². The number of hydrogen-bond acceptors (Lipinski definition) is 4. The fraction of sp³-hybridized carbons (Fsp3) is 0.0952. The SMILES string of the molecule is O=C(OCc1ccccc1F)c1ccc(Cn2nnc3ccccc32)cc1. The van der Waals surface area contributed by atoms with Gasteiger partial charge in [-0.1, -0.05) is 47.7 Å². The van der Waals surface area contributed by atoms with Crippen molar-refractivity contribution in [1.82, 2.24) is 15.0 Å². The Labute approximate surface area is 155 Å². The van der Waals surface area contributed by atoms with Gasteiger partial charge in [0.25, 0.3) is 0 Å². The second-order valence-electron chi connectivity index (χ2n) is 6.10. The summed E-state index contributed by atoms with van der Waals surface area (Å²) in [6.45, 7) is 0.448. The Morgan fingerprint density at radius 1 is 0.963 bits per heavy atom. The second kappa shape index (κ2) is 7.37. The first-order valence-corrected chi connectivity index (χ1v) is 8.48. The van der Waals surface area contributed by atoms with Crippen LogP contribution in [0.5, 0.6) is 0 Å². The van der Waals surface area contributed by atoms with Gasteiger partial charge in [0, 0.05) is 5.56 Å². The summed E-state index contributed by atoms with van der Waals surface area (Å²) in [7, 11) is 0. The molecule has 0 unspecified atom stereocenters. The van der Waals surface area contributed by atoms with Crippen molar-refractivity contribution in [2.24, 2.45) is 0 Å². The molecular formula is C21H16FN3O2. The normalized spacial score (nSPS) is 10.9. The van der Waals surface area contributed by atoms with Gasteiger partial charge >= 0.3 is 5.97 Å². The van der Waals surface area contributed by atoms with E-state index in [0.717, 1.165) is 16.6 Å². The molecule has 0 bridgehead atoms. The van der Waals surface area contributed by atoms with Gasteiger partial charge in [-0.05, 0) is 35.9 Å². The minimum Gasteiger partial charge on any atom is -0.457 e. The van der Waals surface area contributed by atoms with E-state index in [9.17, 15) is 9.18 Å². The summed E-state index contributed by atoms with van der Waals surface area (Å²) >= 11 is 0. The van der Waals surface area contributed by atoms with Crippen LogP contribution < -0.4 is 0 Å². The number of hydrogen-bond donors (Lipinski definition) is 0. The zero-order valence-corrected chi connectivity index (χ0v) is 14.4. The summed E-state index contributed by atoms with van der Waals surface area (Å²) in [4.78, 5) is 12.2. The average molecular weight is 361 g/mol. The molecule has 0 saturated carbocycles. The largest absolute Gasteiger partial charge is 0.457 e. The van der Waals surface area contributed by atoms with Crippen LogP contribution in [0, 0.1) is 5.82 Å². The molecule has 5 nitrogen and oxygen atoms in total. The standard InChI is InChI=1S/C21H16FN3O2/c22-18-6-2-1-5-17(18)14-27-21(26)16-11-9-15(10-12-16)13-25-20-8-4-3-7-19(20)23-24-25/h1-12H,13-14H2. The van der Waals surface area contributed by atoms with Crippen LogP contribution in [0.15, 0.2) is 72.8 Å². The third-order valence-corrected chi connectivity index (χ3v) is 4.26. The Morgan fingerprint density at radius 3 is 2.52 bits per heavy atom. The Balaban J connectivity index is 1.42. The molecule has 4 aromatic rings. The molecule has 0 aliphatic heterocycles. The van der Waals surface area contributed by atoms with Crippen molar-refractivity contribution in [3.8, 4) is 0 Å². The lowest BCUT2D eigenvalue weighted by Crippen LogP contribution is -2.07. The van der Waals surface area contributed by atoms with Gasteiger partial charge in [0.15, 0.2) is 0 Å². The van der Waals surface area contributed by atoms with E-state index >= 15 is 0 Å². The minimum atomic E-state index is -0.490. The lowest BCUT2D eigenvalue weighted by molar-refractivity contribution is 0.0469. The van der Waals surface area contributed by atoms with Gasteiger partial charge in [-0.2, -0.15) is 0 Å². The van der Waals surface area contributed by atoms with Crippen LogP contribution >= 0.6 is 0 Å². The predicted molar refractivity (Wildman–Crippen MR) is 98.6 cm³/mol. The maximum Gasteiger partial charge on any atom is 0.338 e. The van der Waals surface area contributed by atoms with Gasteiger partial charge in [-0.25, -0.2) is 13.9 Å². The van der Waals surface area contributed by atoms with Gasteiger partial charge in [0.05, 0.1) is 17.6 Å². The Morgan fingerprint density at radius 2 is 1.70 bits per heavy atom. The molecule has 6 heteroatoms. The van der Waals surface area contributed by atoms with Crippen molar-refractivity contribution in [3.05, 3.63) is 95.3 Å². The number of para-hydroxylation sites is 1. The molecule has 0 aliphatic carbocycles. The highest BCUT2D eigenvalue weighted by atomic mass is 19.1. The van der Waals surface area contributed by atoms with Crippen LogP contribution in [-0.2, 0) is 17.9 Å². The van der Waals surface area contributed by atoms with E-state index in [2.05, 4.69) is 10.3 Å². The minimum absolute atomic E-state index is 0.0990. The quantitative estimate of drug-likeness (QED) is 0.505. The number of nitrogens with zero attached hydrogens (tertiary/aromatic N) is 3. The third-order valence-electron chi connectivity index (χ3n) is 4.26. The highest BCUT2D eigenvalue weighted by molar-refractivity contribution is 5.89. The third kappa shape index (κ3) is 3.69. The van der Waals surface area contributed by atoms with E-state index in [1.807, 2.05) is 36.4 Å². The zero-order chi connectivity index (χ0) is 18.6. The van der Waals surface area contributed by atoms with Gasteiger partial charge in [-0.3, -0.25) is 0 Å². The lowest BCUT2D eigenvalue weighted by Gasteiger charge is -2.07. The van der Waals surface area contributed by atoms with E-state index in [4.69, 9.17) is 4.74 Å². The Hall–Kier alpha value is -3.54. The number of carbonyl (C=O) groups is 1. The Kier molecular flexibility index (Phi) is 4.61. The van der Waals surface area contributed by atoms with Crippen molar-refractivity contribution in [2.45, 2.75) is 13.2 Å². The first kappa shape index (κ1) is 16.9. The molecule has 0 saturated heterocycles. The van der Waals surface area contributed by atoms with Crippen LogP contribution in [0.25, 0.3) is 11.0 Å². The van der Waals surface area contributed by atoms with Gasteiger partial charge < -0.3 is 4.74 Å². The molecule has 134 valence electrons. The fourth-order valence-electron chi connectivity index (χ4n) is 2.80. The fourth-order valence-corrected chi connectivity index (χ4v) is 2.80. The number of ether oxygens (including phenoxy) is 1. The van der Waals surface area contributed by atoms with Gasteiger partial charge in [0.1, 0.15) is 17.9 Å². The van der Waals surface area contributed by atoms with Crippen molar-refractivity contribution in [2.75, 3.05) is 0 Å². The first-order chi connectivity index (χ1) is 13.2. The van der Waals surface area contributed by atoms with Crippen LogP contribution in [0.2, 0.25) is 0 Å². The first-order valence-electron chi connectivity index (χ1n) is 8.48. The number of esters is 1. The highest BCUT2D eigenvalue weighted by Crippen LogP contribution is 2.14. The Bertz CT molecular complexity index is 1090. The molecule has 0 amide bonds. The molecule has 3 aromatic carbocycles. The van der Waals surface area contributed by atoms with Crippen LogP contribution in [0.3, 0.4) is 0 Å². The summed E-state index contributed by atoms with van der Waals surface area (Å²) in [6, 6.07) is 21.0. The van der Waals surface area contributed by atoms with Crippen molar-refractivity contribution in [3.63, 3.8) is 0 Å². The van der Waals surface area contributed by atoms with E-state index in [1.54, 1.807) is 35.0 Å². The van der Waals surface area contributed by atoms with Crippen LogP contribution in [0.1, 0.15) is 21.5 Å². The molecule has 1 heterocycles. The van der Waals surface area contributed by atoms with E-state index in [1.165, 1.54) is 6.07 Å². The number of benzene rings is 3. The summed E-state index contributed by atoms with van der Waals surface area (Å²) in [5.41, 5.74) is 3.53. The van der Waals surface area contributed by atoms with E-state index < -0.39 is 5.97 Å². The topological polar surface area (TPSA) is 57.0 Å². The monoisotopic (exact) mass is 361 g/mol. The maximum atomic E-state index is 13.6. The van der Waals surface area contributed by atoms with E-state index in [-0.39, 0.29) is 12.4 Å². The average Bonchev–Trinajstić information content (AvgIpc) is 3.11. The van der Waals surface area contributed by atoms with Gasteiger partial charge in [-0.15, -0.1) is 5.10 Å². The lowest BCUT2D eigenvalue weighted by atomic mass is 10.1. The summed E-state index contributed by atoms with van der Waals surface area (Å²) in [6.07, 6.45) is 0. The zero-order valence-electron chi connectivity index (χ0n) is 14.4. The number of halogens is 1. The van der Waals surface area contributed by atoms with Crippen molar-refractivity contribution >= 4 is 17.0 Å². The number of carbonyl (C=O) groups excluding carboxylic acids is 1. The number of fused-ring (bicyclic) bond motifs is 1. The number of aromatic nitrogens is 3. The van der Waals surface area contributed by atoms with Crippen LogP contribution in [-0.4, -0.2) is 21.0 Å². The molecule has 0 N–H and O–H groups in total. The molecule has 1 aromatic heterocycles. The molecule has 0 radical (unpaired) electrons. The summed E-state index contributed by atoms with van der Waals surface area (Å²) in [5.74, 6) is -0.878. The summed E-state index contributed by atoms with van der Waals surface area (Å²) in [5, 5.41) is 8.29. The molecule has 0 aliphatic rings. The predicted octanol–water partition coefficient (Wildman–Crippen LogP) is 3.98. The van der Waals surface area contributed by atoms with Crippen LogP contribution in [0.4, 0.5) is 4.39 Å². The molecule has 0 atom stereocenters. The van der Waals surface area contributed by atoms with Crippen molar-refractivity contribution in [1.29, 1.82) is 0 Å². The number of rotatable bonds is 5. The molecule has 0 fully saturated rings. The maximum absolute atomic E-state index is 13.6. The van der Waals surface area contributed by atoms with Crippen molar-refractivity contribution < 1.29 is 13.9 Å². The summed E-state index contributed by atoms with van der Waals surface area (Å²) < 4.78 is 20.6. The molecular weight excluding hydrogens is 345 g/mol. The van der Waals surface area contributed by atoms with E-state index in [0.29, 0.717) is 17.7 Å². The smallest absolute Gasteiger partial charge is 0.338 e. The molecule has 4 rings (SSSR count).